The van der Waals surface area contributed by atoms with Gasteiger partial charge in [0.2, 0.25) is 5.88 Å². The first-order chi connectivity index (χ1) is 6.97. The maximum atomic E-state index is 7.48. The van der Waals surface area contributed by atoms with E-state index < -0.39 is 0 Å². The number of aryl methyl sites for hydroxylation is 2. The van der Waals surface area contributed by atoms with Crippen molar-refractivity contribution >= 4 is 5.84 Å². The van der Waals surface area contributed by atoms with Crippen LogP contribution in [0.15, 0.2) is 0 Å². The summed E-state index contributed by atoms with van der Waals surface area (Å²) in [5.74, 6) is 0.577. The highest BCUT2D eigenvalue weighted by molar-refractivity contribution is 5.98. The summed E-state index contributed by atoms with van der Waals surface area (Å²) in [6.45, 7) is 5.84. The van der Waals surface area contributed by atoms with E-state index in [1.165, 1.54) is 0 Å². The number of nitrogens with two attached hydrogens (primary N) is 1. The number of rotatable bonds is 4. The van der Waals surface area contributed by atoms with E-state index in [0.29, 0.717) is 11.4 Å². The molecule has 1 rings (SSSR count). The van der Waals surface area contributed by atoms with Gasteiger partial charge in [-0.15, -0.1) is 0 Å². The summed E-state index contributed by atoms with van der Waals surface area (Å²) in [4.78, 5) is 0. The Labute approximate surface area is 89.7 Å². The first-order valence-corrected chi connectivity index (χ1v) is 5.02. The Kier molecular flexibility index (Phi) is 3.34. The Hall–Kier alpha value is -1.52. The van der Waals surface area contributed by atoms with Crippen molar-refractivity contribution in [2.75, 3.05) is 0 Å². The van der Waals surface area contributed by atoms with Crippen LogP contribution in [0.5, 0.6) is 5.88 Å². The van der Waals surface area contributed by atoms with Crippen molar-refractivity contribution in [1.82, 2.24) is 9.78 Å². The fourth-order valence-electron chi connectivity index (χ4n) is 1.36. The van der Waals surface area contributed by atoms with Gasteiger partial charge in [0.1, 0.15) is 11.4 Å². The Morgan fingerprint density at radius 2 is 2.27 bits per heavy atom. The molecule has 5 nitrogen and oxygen atoms in total. The summed E-state index contributed by atoms with van der Waals surface area (Å²) in [5, 5.41) is 11.7. The molecule has 0 aliphatic rings. The predicted octanol–water partition coefficient (Wildman–Crippen LogP) is 1.19. The lowest BCUT2D eigenvalue weighted by Crippen LogP contribution is -2.18. The second-order valence-electron chi connectivity index (χ2n) is 3.64. The van der Waals surface area contributed by atoms with Crippen molar-refractivity contribution in [2.45, 2.75) is 33.3 Å². The minimum atomic E-state index is -0.00102. The fourth-order valence-corrected chi connectivity index (χ4v) is 1.36. The quantitative estimate of drug-likeness (QED) is 0.579. The molecule has 5 heteroatoms. The average Bonchev–Trinajstić information content (AvgIpc) is 2.41. The third kappa shape index (κ3) is 2.29. The number of ether oxygens (including phenoxy) is 1. The van der Waals surface area contributed by atoms with Crippen LogP contribution in [0.25, 0.3) is 0 Å². The molecule has 3 N–H and O–H groups in total. The molecular formula is C10H18N4O. The van der Waals surface area contributed by atoms with Crippen LogP contribution >= 0.6 is 0 Å². The summed E-state index contributed by atoms with van der Waals surface area (Å²) in [6.07, 6.45) is 1.000. The Morgan fingerprint density at radius 3 is 2.73 bits per heavy atom. The number of nitrogens with one attached hydrogen (secondary N) is 1. The topological polar surface area (TPSA) is 76.9 Å². The lowest BCUT2D eigenvalue weighted by Gasteiger charge is -2.13. The van der Waals surface area contributed by atoms with Gasteiger partial charge in [0.05, 0.1) is 11.8 Å². The van der Waals surface area contributed by atoms with Crippen LogP contribution in [0.2, 0.25) is 0 Å². The third-order valence-electron chi connectivity index (χ3n) is 2.33. The van der Waals surface area contributed by atoms with Gasteiger partial charge in [-0.2, -0.15) is 5.10 Å². The molecule has 0 saturated heterocycles. The molecule has 15 heavy (non-hydrogen) atoms. The minimum Gasteiger partial charge on any atom is -0.474 e. The zero-order chi connectivity index (χ0) is 11.6. The van der Waals surface area contributed by atoms with Gasteiger partial charge in [-0.25, -0.2) is 4.68 Å². The maximum absolute atomic E-state index is 7.48. The van der Waals surface area contributed by atoms with E-state index in [1.807, 2.05) is 20.8 Å². The van der Waals surface area contributed by atoms with Crippen molar-refractivity contribution in [1.29, 1.82) is 5.41 Å². The third-order valence-corrected chi connectivity index (χ3v) is 2.33. The van der Waals surface area contributed by atoms with Gasteiger partial charge < -0.3 is 10.5 Å². The van der Waals surface area contributed by atoms with Gasteiger partial charge in [-0.3, -0.25) is 5.41 Å². The normalized spacial score (nSPS) is 12.5. The molecular weight excluding hydrogens is 192 g/mol. The average molecular weight is 210 g/mol. The largest absolute Gasteiger partial charge is 0.474 e. The first kappa shape index (κ1) is 11.6. The van der Waals surface area contributed by atoms with Gasteiger partial charge >= 0.3 is 0 Å². The van der Waals surface area contributed by atoms with Crippen molar-refractivity contribution in [3.8, 4) is 5.88 Å². The van der Waals surface area contributed by atoms with Crippen LogP contribution in [0.3, 0.4) is 0 Å². The molecule has 0 bridgehead atoms. The van der Waals surface area contributed by atoms with Gasteiger partial charge in [-0.1, -0.05) is 6.92 Å². The van der Waals surface area contributed by atoms with Crippen molar-refractivity contribution < 1.29 is 4.74 Å². The molecule has 1 heterocycles. The molecule has 0 fully saturated rings. The molecule has 0 radical (unpaired) electrons. The first-order valence-electron chi connectivity index (χ1n) is 5.02. The van der Waals surface area contributed by atoms with Crippen LogP contribution in [0.1, 0.15) is 31.5 Å². The van der Waals surface area contributed by atoms with Crippen molar-refractivity contribution in [3.05, 3.63) is 11.3 Å². The Morgan fingerprint density at radius 1 is 1.67 bits per heavy atom. The second kappa shape index (κ2) is 4.33. The highest BCUT2D eigenvalue weighted by Crippen LogP contribution is 2.22. The number of hydrogen-bond donors (Lipinski definition) is 2. The predicted molar refractivity (Wildman–Crippen MR) is 59.3 cm³/mol. The molecule has 1 atom stereocenters. The summed E-state index contributed by atoms with van der Waals surface area (Å²) >= 11 is 0. The number of hydrogen-bond acceptors (Lipinski definition) is 3. The highest BCUT2D eigenvalue weighted by Gasteiger charge is 2.18. The van der Waals surface area contributed by atoms with Gasteiger partial charge in [-0.05, 0) is 20.3 Å². The van der Waals surface area contributed by atoms with E-state index in [1.54, 1.807) is 11.7 Å². The van der Waals surface area contributed by atoms with Crippen LogP contribution in [0.4, 0.5) is 0 Å². The lowest BCUT2D eigenvalue weighted by molar-refractivity contribution is 0.198. The number of aromatic nitrogens is 2. The summed E-state index contributed by atoms with van der Waals surface area (Å²) in [7, 11) is 1.79. The van der Waals surface area contributed by atoms with Gasteiger partial charge in [0.25, 0.3) is 0 Å². The van der Waals surface area contributed by atoms with Crippen molar-refractivity contribution in [3.63, 3.8) is 0 Å². The van der Waals surface area contributed by atoms with Crippen LogP contribution in [-0.4, -0.2) is 21.7 Å². The molecule has 0 aliphatic heterocycles. The summed E-state index contributed by atoms with van der Waals surface area (Å²) < 4.78 is 7.31. The molecule has 1 aromatic heterocycles. The van der Waals surface area contributed by atoms with E-state index in [0.717, 1.165) is 12.1 Å². The van der Waals surface area contributed by atoms with Gasteiger partial charge in [0, 0.05) is 7.05 Å². The summed E-state index contributed by atoms with van der Waals surface area (Å²) in [5.41, 5.74) is 6.82. The molecule has 0 amide bonds. The monoisotopic (exact) mass is 210 g/mol. The van der Waals surface area contributed by atoms with E-state index in [4.69, 9.17) is 15.9 Å². The molecule has 84 valence electrons. The van der Waals surface area contributed by atoms with E-state index in [9.17, 15) is 0 Å². The zero-order valence-corrected chi connectivity index (χ0v) is 9.66. The molecule has 1 aromatic rings. The highest BCUT2D eigenvalue weighted by atomic mass is 16.5. The van der Waals surface area contributed by atoms with Crippen molar-refractivity contribution in [2.24, 2.45) is 12.8 Å². The maximum Gasteiger partial charge on any atom is 0.223 e. The van der Waals surface area contributed by atoms with Crippen LogP contribution in [0, 0.1) is 12.3 Å². The van der Waals surface area contributed by atoms with E-state index >= 15 is 0 Å². The lowest BCUT2D eigenvalue weighted by atomic mass is 10.2. The van der Waals surface area contributed by atoms with E-state index in [-0.39, 0.29) is 11.9 Å². The molecule has 1 unspecified atom stereocenters. The molecule has 0 saturated carbocycles. The van der Waals surface area contributed by atoms with E-state index in [2.05, 4.69) is 5.10 Å². The van der Waals surface area contributed by atoms with Gasteiger partial charge in [0.15, 0.2) is 0 Å². The zero-order valence-electron chi connectivity index (χ0n) is 9.66. The number of nitrogen functional groups attached to an aromatic ring is 1. The Balaban J connectivity index is 3.09. The van der Waals surface area contributed by atoms with Crippen LogP contribution < -0.4 is 10.5 Å². The molecule has 0 spiro atoms. The molecule has 0 aromatic carbocycles. The number of amidine groups is 1. The second-order valence-corrected chi connectivity index (χ2v) is 3.64. The summed E-state index contributed by atoms with van der Waals surface area (Å²) in [6, 6.07) is 0. The Bertz CT molecular complexity index is 370. The molecule has 0 aliphatic carbocycles. The van der Waals surface area contributed by atoms with Crippen LogP contribution in [-0.2, 0) is 7.05 Å². The standard InChI is InChI=1S/C10H18N4O/c1-5-6(2)15-10-8(9(11)12)7(3)13-14(10)4/h6H,5H2,1-4H3,(H3,11,12). The fraction of sp³-hybridized carbons (Fsp3) is 0.600. The SMILES string of the molecule is CCC(C)Oc1c(C(=N)N)c(C)nn1C. The smallest absolute Gasteiger partial charge is 0.223 e. The number of nitrogens with zero attached hydrogens (tertiary/aromatic N) is 2. The minimum absolute atomic E-state index is 0.00102.